The SMILES string of the molecule is CCOc1ccc(C=NN)cc1Br. The Hall–Kier alpha value is -1.03. The van der Waals surface area contributed by atoms with Crippen LogP contribution in [0.5, 0.6) is 5.75 Å². The molecule has 0 aliphatic carbocycles. The molecular weight excluding hydrogens is 232 g/mol. The molecule has 0 unspecified atom stereocenters. The van der Waals surface area contributed by atoms with Crippen LogP contribution in [0.3, 0.4) is 0 Å². The highest BCUT2D eigenvalue weighted by Crippen LogP contribution is 2.25. The molecule has 0 bridgehead atoms. The second-order valence-electron chi connectivity index (χ2n) is 2.40. The van der Waals surface area contributed by atoms with Gasteiger partial charge in [0, 0.05) is 0 Å². The Balaban J connectivity index is 2.91. The lowest BCUT2D eigenvalue weighted by atomic mass is 10.2. The normalized spacial score (nSPS) is 10.6. The van der Waals surface area contributed by atoms with Crippen LogP contribution in [0.15, 0.2) is 27.8 Å². The fraction of sp³-hybridized carbons (Fsp3) is 0.222. The van der Waals surface area contributed by atoms with Gasteiger partial charge in [-0.25, -0.2) is 0 Å². The van der Waals surface area contributed by atoms with Crippen LogP contribution in [0.25, 0.3) is 0 Å². The van der Waals surface area contributed by atoms with E-state index in [0.29, 0.717) is 6.61 Å². The summed E-state index contributed by atoms with van der Waals surface area (Å²) < 4.78 is 6.26. The molecule has 0 saturated carbocycles. The van der Waals surface area contributed by atoms with Crippen LogP contribution in [-0.2, 0) is 0 Å². The van der Waals surface area contributed by atoms with Crippen molar-refractivity contribution in [1.29, 1.82) is 0 Å². The van der Waals surface area contributed by atoms with E-state index < -0.39 is 0 Å². The van der Waals surface area contributed by atoms with Crippen LogP contribution in [0.1, 0.15) is 12.5 Å². The molecule has 0 spiro atoms. The van der Waals surface area contributed by atoms with Crippen molar-refractivity contribution in [2.45, 2.75) is 6.92 Å². The summed E-state index contributed by atoms with van der Waals surface area (Å²) in [4.78, 5) is 0. The van der Waals surface area contributed by atoms with Crippen LogP contribution < -0.4 is 10.6 Å². The van der Waals surface area contributed by atoms with Crippen molar-refractivity contribution in [2.24, 2.45) is 10.9 Å². The first-order valence-electron chi connectivity index (χ1n) is 3.93. The smallest absolute Gasteiger partial charge is 0.133 e. The number of benzene rings is 1. The van der Waals surface area contributed by atoms with Gasteiger partial charge in [0.25, 0.3) is 0 Å². The van der Waals surface area contributed by atoms with Crippen LogP contribution in [0.4, 0.5) is 0 Å². The molecule has 0 aromatic heterocycles. The Morgan fingerprint density at radius 2 is 2.38 bits per heavy atom. The molecule has 0 saturated heterocycles. The highest BCUT2D eigenvalue weighted by Gasteiger charge is 1.99. The average Bonchev–Trinajstić information content (AvgIpc) is 2.10. The Bertz CT molecular complexity index is 312. The van der Waals surface area contributed by atoms with Crippen molar-refractivity contribution in [3.63, 3.8) is 0 Å². The van der Waals surface area contributed by atoms with Crippen molar-refractivity contribution < 1.29 is 4.74 Å². The molecule has 0 atom stereocenters. The maximum atomic E-state index is 5.35. The number of hydrogen-bond donors (Lipinski definition) is 1. The summed E-state index contributed by atoms with van der Waals surface area (Å²) in [7, 11) is 0. The standard InChI is InChI=1S/C9H11BrN2O/c1-2-13-9-4-3-7(6-12-11)5-8(9)10/h3-6H,2,11H2,1H3. The summed E-state index contributed by atoms with van der Waals surface area (Å²) in [5, 5.41) is 3.44. The summed E-state index contributed by atoms with van der Waals surface area (Å²) in [6.07, 6.45) is 1.58. The number of rotatable bonds is 3. The van der Waals surface area contributed by atoms with Gasteiger partial charge in [-0.2, -0.15) is 5.10 Å². The summed E-state index contributed by atoms with van der Waals surface area (Å²) in [5.41, 5.74) is 0.942. The first kappa shape index (κ1) is 10.1. The fourth-order valence-corrected chi connectivity index (χ4v) is 1.47. The minimum atomic E-state index is 0.656. The second-order valence-corrected chi connectivity index (χ2v) is 3.26. The number of hydrazone groups is 1. The largest absolute Gasteiger partial charge is 0.493 e. The molecule has 0 heterocycles. The summed E-state index contributed by atoms with van der Waals surface area (Å²) in [6.45, 7) is 2.60. The lowest BCUT2D eigenvalue weighted by Gasteiger charge is -2.05. The van der Waals surface area contributed by atoms with E-state index in [0.717, 1.165) is 15.8 Å². The zero-order valence-electron chi connectivity index (χ0n) is 7.33. The van der Waals surface area contributed by atoms with Gasteiger partial charge in [0.1, 0.15) is 5.75 Å². The Labute approximate surface area is 85.7 Å². The van der Waals surface area contributed by atoms with E-state index in [4.69, 9.17) is 10.6 Å². The van der Waals surface area contributed by atoms with Gasteiger partial charge in [0.15, 0.2) is 0 Å². The van der Waals surface area contributed by atoms with E-state index in [-0.39, 0.29) is 0 Å². The molecule has 0 radical (unpaired) electrons. The molecule has 0 aliphatic rings. The maximum Gasteiger partial charge on any atom is 0.133 e. The zero-order valence-corrected chi connectivity index (χ0v) is 8.91. The van der Waals surface area contributed by atoms with Crippen molar-refractivity contribution in [3.05, 3.63) is 28.2 Å². The van der Waals surface area contributed by atoms with Crippen LogP contribution in [0.2, 0.25) is 0 Å². The number of nitrogens with two attached hydrogens (primary N) is 1. The molecule has 13 heavy (non-hydrogen) atoms. The topological polar surface area (TPSA) is 47.6 Å². The molecule has 4 heteroatoms. The van der Waals surface area contributed by atoms with E-state index in [1.165, 1.54) is 0 Å². The van der Waals surface area contributed by atoms with Gasteiger partial charge < -0.3 is 10.6 Å². The number of hydrogen-bond acceptors (Lipinski definition) is 3. The van der Waals surface area contributed by atoms with Crippen LogP contribution in [0, 0.1) is 0 Å². The second kappa shape index (κ2) is 4.87. The highest BCUT2D eigenvalue weighted by molar-refractivity contribution is 9.10. The fourth-order valence-electron chi connectivity index (χ4n) is 0.956. The Kier molecular flexibility index (Phi) is 3.76. The summed E-state index contributed by atoms with van der Waals surface area (Å²) in [6, 6.07) is 5.68. The van der Waals surface area contributed by atoms with Crippen molar-refractivity contribution >= 4 is 22.1 Å². The van der Waals surface area contributed by atoms with E-state index in [1.54, 1.807) is 6.21 Å². The predicted octanol–water partition coefficient (Wildman–Crippen LogP) is 2.14. The van der Waals surface area contributed by atoms with E-state index in [1.807, 2.05) is 25.1 Å². The van der Waals surface area contributed by atoms with Gasteiger partial charge in [-0.15, -0.1) is 0 Å². The van der Waals surface area contributed by atoms with Gasteiger partial charge in [0.2, 0.25) is 0 Å². The van der Waals surface area contributed by atoms with Crippen LogP contribution >= 0.6 is 15.9 Å². The average molecular weight is 243 g/mol. The molecule has 2 N–H and O–H groups in total. The third-order valence-electron chi connectivity index (χ3n) is 1.48. The van der Waals surface area contributed by atoms with Gasteiger partial charge in [-0.05, 0) is 46.6 Å². The maximum absolute atomic E-state index is 5.35. The predicted molar refractivity (Wildman–Crippen MR) is 57.1 cm³/mol. The molecule has 0 fully saturated rings. The van der Waals surface area contributed by atoms with Gasteiger partial charge in [-0.3, -0.25) is 0 Å². The lowest BCUT2D eigenvalue weighted by molar-refractivity contribution is 0.338. The monoisotopic (exact) mass is 242 g/mol. The zero-order chi connectivity index (χ0) is 9.68. The molecule has 1 aromatic rings. The van der Waals surface area contributed by atoms with Gasteiger partial charge >= 0.3 is 0 Å². The summed E-state index contributed by atoms with van der Waals surface area (Å²) in [5.74, 6) is 5.86. The molecular formula is C9H11BrN2O. The highest BCUT2D eigenvalue weighted by atomic mass is 79.9. The van der Waals surface area contributed by atoms with Crippen LogP contribution in [-0.4, -0.2) is 12.8 Å². The Morgan fingerprint density at radius 1 is 1.62 bits per heavy atom. The van der Waals surface area contributed by atoms with Crippen molar-refractivity contribution in [2.75, 3.05) is 6.61 Å². The molecule has 1 rings (SSSR count). The van der Waals surface area contributed by atoms with Crippen molar-refractivity contribution in [1.82, 2.24) is 0 Å². The first-order chi connectivity index (χ1) is 6.27. The summed E-state index contributed by atoms with van der Waals surface area (Å²) >= 11 is 3.39. The molecule has 3 nitrogen and oxygen atoms in total. The minimum absolute atomic E-state index is 0.656. The molecule has 1 aromatic carbocycles. The Morgan fingerprint density at radius 3 is 2.92 bits per heavy atom. The quantitative estimate of drug-likeness (QED) is 0.502. The number of nitrogens with zero attached hydrogens (tertiary/aromatic N) is 1. The lowest BCUT2D eigenvalue weighted by Crippen LogP contribution is -1.93. The number of ether oxygens (including phenoxy) is 1. The third kappa shape index (κ3) is 2.73. The number of halogens is 1. The van der Waals surface area contributed by atoms with Gasteiger partial charge in [-0.1, -0.05) is 0 Å². The van der Waals surface area contributed by atoms with Gasteiger partial charge in [0.05, 0.1) is 17.3 Å². The van der Waals surface area contributed by atoms with E-state index >= 15 is 0 Å². The van der Waals surface area contributed by atoms with Crippen molar-refractivity contribution in [3.8, 4) is 5.75 Å². The molecule has 70 valence electrons. The van der Waals surface area contributed by atoms with E-state index in [2.05, 4.69) is 21.0 Å². The molecule has 0 amide bonds. The molecule has 0 aliphatic heterocycles. The van der Waals surface area contributed by atoms with E-state index in [9.17, 15) is 0 Å². The first-order valence-corrected chi connectivity index (χ1v) is 4.72. The third-order valence-corrected chi connectivity index (χ3v) is 2.10. The minimum Gasteiger partial charge on any atom is -0.493 e.